The van der Waals surface area contributed by atoms with Crippen LogP contribution in [-0.2, 0) is 6.42 Å². The third-order valence-electron chi connectivity index (χ3n) is 5.77. The lowest BCUT2D eigenvalue weighted by atomic mass is 10.0. The fourth-order valence-electron chi connectivity index (χ4n) is 4.11. The Kier molecular flexibility index (Phi) is 4.36. The average molecular weight is 432 g/mol. The van der Waals surface area contributed by atoms with E-state index >= 15 is 0 Å². The van der Waals surface area contributed by atoms with E-state index in [-0.39, 0.29) is 0 Å². The van der Waals surface area contributed by atoms with Crippen molar-refractivity contribution in [3.8, 4) is 33.8 Å². The number of imidazole rings is 1. The van der Waals surface area contributed by atoms with Gasteiger partial charge in [-0.25, -0.2) is 9.97 Å². The lowest BCUT2D eigenvalue weighted by Crippen LogP contribution is -1.91. The van der Waals surface area contributed by atoms with Crippen molar-refractivity contribution in [2.24, 2.45) is 0 Å². The quantitative estimate of drug-likeness (QED) is 0.345. The number of hydrogen-bond acceptors (Lipinski definition) is 6. The molecule has 0 bridgehead atoms. The van der Waals surface area contributed by atoms with Gasteiger partial charge in [0, 0.05) is 47.2 Å². The SMILES string of the molecule is CCc1cc(N)cc(-c2cnc3n[nH]c(-c4nc5c(-c6cccnc6)cncc5[nH]4)c3c2)c1. The first kappa shape index (κ1) is 19.1. The lowest BCUT2D eigenvalue weighted by molar-refractivity contribution is 1.09. The summed E-state index contributed by atoms with van der Waals surface area (Å²) in [6.07, 6.45) is 9.87. The molecule has 0 spiro atoms. The summed E-state index contributed by atoms with van der Waals surface area (Å²) in [7, 11) is 0. The van der Waals surface area contributed by atoms with Crippen LogP contribution < -0.4 is 5.73 Å². The zero-order chi connectivity index (χ0) is 22.4. The summed E-state index contributed by atoms with van der Waals surface area (Å²) in [5.74, 6) is 0.673. The number of anilines is 1. The Morgan fingerprint density at radius 2 is 1.88 bits per heavy atom. The number of nitrogens with zero attached hydrogens (tertiary/aromatic N) is 5. The zero-order valence-electron chi connectivity index (χ0n) is 17.9. The largest absolute Gasteiger partial charge is 0.399 e. The molecule has 0 atom stereocenters. The number of pyridine rings is 3. The highest BCUT2D eigenvalue weighted by Gasteiger charge is 2.16. The molecule has 0 amide bonds. The van der Waals surface area contributed by atoms with E-state index in [0.29, 0.717) is 11.5 Å². The van der Waals surface area contributed by atoms with Gasteiger partial charge in [0.05, 0.1) is 17.1 Å². The van der Waals surface area contributed by atoms with Gasteiger partial charge in [0.2, 0.25) is 0 Å². The molecule has 0 aliphatic rings. The maximum Gasteiger partial charge on any atom is 0.181 e. The number of benzene rings is 1. The maximum atomic E-state index is 6.13. The Labute approximate surface area is 189 Å². The second kappa shape index (κ2) is 7.52. The van der Waals surface area contributed by atoms with Crippen molar-refractivity contribution < 1.29 is 0 Å². The van der Waals surface area contributed by atoms with Gasteiger partial charge in [0.1, 0.15) is 11.2 Å². The van der Waals surface area contributed by atoms with Crippen molar-refractivity contribution in [2.45, 2.75) is 13.3 Å². The molecule has 0 saturated heterocycles. The van der Waals surface area contributed by atoms with E-state index in [1.807, 2.05) is 36.7 Å². The molecule has 1 aromatic carbocycles. The Bertz CT molecular complexity index is 1610. The molecule has 4 N–H and O–H groups in total. The smallest absolute Gasteiger partial charge is 0.181 e. The molecule has 6 rings (SSSR count). The Morgan fingerprint density at radius 1 is 0.939 bits per heavy atom. The van der Waals surface area contributed by atoms with Crippen LogP contribution in [0, 0.1) is 0 Å². The van der Waals surface area contributed by atoms with E-state index in [9.17, 15) is 0 Å². The van der Waals surface area contributed by atoms with Gasteiger partial charge in [-0.3, -0.25) is 15.1 Å². The van der Waals surface area contributed by atoms with Crippen molar-refractivity contribution in [2.75, 3.05) is 5.73 Å². The fraction of sp³-hybridized carbons (Fsp3) is 0.0800. The van der Waals surface area contributed by atoms with Crippen molar-refractivity contribution in [1.29, 1.82) is 0 Å². The second-order valence-electron chi connectivity index (χ2n) is 7.92. The van der Waals surface area contributed by atoms with Crippen LogP contribution in [0.25, 0.3) is 55.8 Å². The van der Waals surface area contributed by atoms with Crippen molar-refractivity contribution >= 4 is 27.8 Å². The fourth-order valence-corrected chi connectivity index (χ4v) is 4.11. The average Bonchev–Trinajstić information content (AvgIpc) is 3.47. The molecule has 6 aromatic rings. The summed E-state index contributed by atoms with van der Waals surface area (Å²) in [6, 6.07) is 12.1. The molecule has 5 heterocycles. The van der Waals surface area contributed by atoms with Gasteiger partial charge in [-0.2, -0.15) is 5.10 Å². The molecule has 8 nitrogen and oxygen atoms in total. The van der Waals surface area contributed by atoms with Crippen LogP contribution in [0.5, 0.6) is 0 Å². The summed E-state index contributed by atoms with van der Waals surface area (Å²) in [4.78, 5) is 21.4. The van der Waals surface area contributed by atoms with Crippen LogP contribution in [0.4, 0.5) is 5.69 Å². The van der Waals surface area contributed by atoms with Gasteiger partial charge in [0.15, 0.2) is 11.5 Å². The Morgan fingerprint density at radius 3 is 2.73 bits per heavy atom. The van der Waals surface area contributed by atoms with Crippen molar-refractivity contribution in [1.82, 2.24) is 35.1 Å². The van der Waals surface area contributed by atoms with Crippen LogP contribution in [-0.4, -0.2) is 35.1 Å². The maximum absolute atomic E-state index is 6.13. The van der Waals surface area contributed by atoms with Crippen LogP contribution in [0.15, 0.2) is 67.4 Å². The first-order chi connectivity index (χ1) is 16.2. The third kappa shape index (κ3) is 3.28. The molecule has 0 unspecified atom stereocenters. The number of hydrogen-bond donors (Lipinski definition) is 3. The van der Waals surface area contributed by atoms with Gasteiger partial charge in [0.25, 0.3) is 0 Å². The number of H-pyrrole nitrogens is 2. The van der Waals surface area contributed by atoms with Crippen LogP contribution in [0.3, 0.4) is 0 Å². The highest BCUT2D eigenvalue weighted by Crippen LogP contribution is 2.32. The minimum absolute atomic E-state index is 0.624. The third-order valence-corrected chi connectivity index (χ3v) is 5.77. The van der Waals surface area contributed by atoms with Gasteiger partial charge in [-0.1, -0.05) is 19.1 Å². The monoisotopic (exact) mass is 432 g/mol. The number of nitrogens with two attached hydrogens (primary N) is 1. The number of rotatable bonds is 4. The second-order valence-corrected chi connectivity index (χ2v) is 7.92. The topological polar surface area (TPSA) is 122 Å². The van der Waals surface area contributed by atoms with Crippen LogP contribution >= 0.6 is 0 Å². The summed E-state index contributed by atoms with van der Waals surface area (Å²) in [5.41, 5.74) is 15.0. The minimum Gasteiger partial charge on any atom is -0.399 e. The molecule has 0 fully saturated rings. The minimum atomic E-state index is 0.624. The molecule has 0 radical (unpaired) electrons. The number of aromatic nitrogens is 7. The van der Waals surface area contributed by atoms with Crippen molar-refractivity contribution in [3.05, 3.63) is 72.9 Å². The first-order valence-electron chi connectivity index (χ1n) is 10.7. The summed E-state index contributed by atoms with van der Waals surface area (Å²) < 4.78 is 0. The number of aromatic amines is 2. The van der Waals surface area contributed by atoms with Gasteiger partial charge >= 0.3 is 0 Å². The number of fused-ring (bicyclic) bond motifs is 2. The summed E-state index contributed by atoms with van der Waals surface area (Å²) in [6.45, 7) is 2.12. The molecule has 0 aliphatic heterocycles. The normalized spacial score (nSPS) is 11.4. The molecule has 160 valence electrons. The predicted octanol–water partition coefficient (Wildman–Crippen LogP) is 4.77. The van der Waals surface area contributed by atoms with Gasteiger partial charge in [-0.05, 0) is 41.8 Å². The van der Waals surface area contributed by atoms with Gasteiger partial charge < -0.3 is 10.7 Å². The number of aryl methyl sites for hydroxylation is 1. The summed E-state index contributed by atoms with van der Waals surface area (Å²) in [5, 5.41) is 8.36. The van der Waals surface area contributed by atoms with E-state index in [4.69, 9.17) is 10.7 Å². The van der Waals surface area contributed by atoms with Crippen molar-refractivity contribution in [3.63, 3.8) is 0 Å². The first-order valence-corrected chi connectivity index (χ1v) is 10.7. The summed E-state index contributed by atoms with van der Waals surface area (Å²) >= 11 is 0. The molecule has 5 aromatic heterocycles. The Balaban J connectivity index is 1.50. The van der Waals surface area contributed by atoms with E-state index in [0.717, 1.165) is 56.5 Å². The molecule has 8 heteroatoms. The van der Waals surface area contributed by atoms with Crippen LogP contribution in [0.2, 0.25) is 0 Å². The van der Waals surface area contributed by atoms with E-state index in [2.05, 4.69) is 49.2 Å². The van der Waals surface area contributed by atoms with Crippen LogP contribution in [0.1, 0.15) is 12.5 Å². The van der Waals surface area contributed by atoms with Gasteiger partial charge in [-0.15, -0.1) is 0 Å². The number of nitrogens with one attached hydrogen (secondary N) is 2. The molecule has 0 saturated carbocycles. The molecular formula is C25H20N8. The lowest BCUT2D eigenvalue weighted by Gasteiger charge is -2.06. The zero-order valence-corrected chi connectivity index (χ0v) is 17.9. The highest BCUT2D eigenvalue weighted by molar-refractivity contribution is 5.96. The number of nitrogen functional groups attached to an aromatic ring is 1. The molecule has 0 aliphatic carbocycles. The standard InChI is InChI=1S/C25H20N8/c1-2-14-6-16(8-18(26)7-14)17-9-19-23(32-33-24(19)29-11-17)25-30-21-13-28-12-20(22(21)31-25)15-4-3-5-27-10-15/h3-13H,2,26H2,1H3,(H,30,31)(H,29,32,33). The molecule has 33 heavy (non-hydrogen) atoms. The Hall–Kier alpha value is -4.59. The molecular weight excluding hydrogens is 412 g/mol. The predicted molar refractivity (Wildman–Crippen MR) is 129 cm³/mol. The highest BCUT2D eigenvalue weighted by atomic mass is 15.2. The van der Waals surface area contributed by atoms with E-state index in [1.54, 1.807) is 18.6 Å². The van der Waals surface area contributed by atoms with E-state index < -0.39 is 0 Å². The van der Waals surface area contributed by atoms with E-state index in [1.165, 1.54) is 5.56 Å².